The van der Waals surface area contributed by atoms with Gasteiger partial charge in [-0.2, -0.15) is 5.26 Å². The van der Waals surface area contributed by atoms with Crippen molar-refractivity contribution in [3.63, 3.8) is 0 Å². The third-order valence-corrected chi connectivity index (χ3v) is 5.16. The Morgan fingerprint density at radius 3 is 2.65 bits per heavy atom. The molecule has 6 heteroatoms. The number of carbonyl (C=O) groups is 1. The Morgan fingerprint density at radius 1 is 1.08 bits per heavy atom. The van der Waals surface area contributed by atoms with Gasteiger partial charge < -0.3 is 10.2 Å². The summed E-state index contributed by atoms with van der Waals surface area (Å²) in [6, 6.07) is 17.6. The molecule has 1 fully saturated rings. The van der Waals surface area contributed by atoms with Gasteiger partial charge in [-0.05, 0) is 46.6 Å². The molecule has 1 heterocycles. The molecule has 0 unspecified atom stereocenters. The summed E-state index contributed by atoms with van der Waals surface area (Å²) in [6.07, 6.45) is 0.960. The van der Waals surface area contributed by atoms with E-state index in [1.165, 1.54) is 0 Å². The Morgan fingerprint density at radius 2 is 1.85 bits per heavy atom. The Labute approximate surface area is 162 Å². The van der Waals surface area contributed by atoms with Crippen LogP contribution in [-0.4, -0.2) is 43.5 Å². The van der Waals surface area contributed by atoms with Gasteiger partial charge in [-0.3, -0.25) is 9.69 Å². The highest BCUT2D eigenvalue weighted by Crippen LogP contribution is 2.22. The van der Waals surface area contributed by atoms with Gasteiger partial charge in [-0.25, -0.2) is 0 Å². The molecule has 0 saturated carbocycles. The van der Waals surface area contributed by atoms with Crippen LogP contribution in [0, 0.1) is 11.3 Å². The van der Waals surface area contributed by atoms with E-state index in [1.807, 2.05) is 48.5 Å². The Hall–Kier alpha value is -2.36. The number of para-hydroxylation sites is 2. The van der Waals surface area contributed by atoms with Crippen LogP contribution >= 0.6 is 15.9 Å². The van der Waals surface area contributed by atoms with Gasteiger partial charge in [-0.1, -0.05) is 24.3 Å². The number of hydrogen-bond donors (Lipinski definition) is 1. The van der Waals surface area contributed by atoms with Gasteiger partial charge in [0.2, 0.25) is 5.91 Å². The maximum absolute atomic E-state index is 12.4. The molecule has 0 spiro atoms. The van der Waals surface area contributed by atoms with Crippen LogP contribution in [0.1, 0.15) is 12.0 Å². The molecule has 5 nitrogen and oxygen atoms in total. The van der Waals surface area contributed by atoms with Gasteiger partial charge in [-0.15, -0.1) is 0 Å². The van der Waals surface area contributed by atoms with Crippen LogP contribution in [0.5, 0.6) is 0 Å². The summed E-state index contributed by atoms with van der Waals surface area (Å²) in [7, 11) is 0. The van der Waals surface area contributed by atoms with Gasteiger partial charge in [0, 0.05) is 30.7 Å². The van der Waals surface area contributed by atoms with Crippen molar-refractivity contribution in [3.8, 4) is 6.07 Å². The van der Waals surface area contributed by atoms with Crippen molar-refractivity contribution in [3.05, 3.63) is 58.6 Å². The van der Waals surface area contributed by atoms with E-state index in [-0.39, 0.29) is 5.91 Å². The van der Waals surface area contributed by atoms with E-state index in [1.54, 1.807) is 0 Å². The van der Waals surface area contributed by atoms with Crippen molar-refractivity contribution < 1.29 is 4.79 Å². The summed E-state index contributed by atoms with van der Waals surface area (Å²) in [6.45, 7) is 3.73. The second-order valence-electron chi connectivity index (χ2n) is 6.27. The first-order valence-electron chi connectivity index (χ1n) is 8.68. The van der Waals surface area contributed by atoms with Crippen molar-refractivity contribution in [2.24, 2.45) is 0 Å². The number of halogens is 1. The summed E-state index contributed by atoms with van der Waals surface area (Å²) < 4.78 is 0.878. The number of rotatable bonds is 4. The zero-order valence-corrected chi connectivity index (χ0v) is 16.1. The molecule has 1 N–H and O–H groups in total. The van der Waals surface area contributed by atoms with Gasteiger partial charge in [0.1, 0.15) is 6.07 Å². The minimum absolute atomic E-state index is 0.0113. The van der Waals surface area contributed by atoms with Crippen LogP contribution in [0.4, 0.5) is 11.4 Å². The number of anilines is 2. The largest absolute Gasteiger partial charge is 0.369 e. The second-order valence-corrected chi connectivity index (χ2v) is 7.13. The first kappa shape index (κ1) is 18.4. The smallest absolute Gasteiger partial charge is 0.238 e. The summed E-state index contributed by atoms with van der Waals surface area (Å²) in [5.41, 5.74) is 2.47. The van der Waals surface area contributed by atoms with Crippen molar-refractivity contribution in [1.82, 2.24) is 4.90 Å². The molecule has 2 aromatic carbocycles. The van der Waals surface area contributed by atoms with Crippen LogP contribution < -0.4 is 10.2 Å². The lowest BCUT2D eigenvalue weighted by Gasteiger charge is -2.24. The molecule has 134 valence electrons. The minimum atomic E-state index is -0.0113. The van der Waals surface area contributed by atoms with Crippen molar-refractivity contribution in [1.29, 1.82) is 5.26 Å². The SMILES string of the molecule is N#Cc1ccccc1N1CCCN(CC(=O)Nc2ccccc2Br)CC1. The standard InChI is InChI=1S/C20H21BrN4O/c21-17-7-2-3-8-18(17)23-20(26)15-24-10-5-11-25(13-12-24)19-9-4-1-6-16(19)14-22/h1-4,6-9H,5,10-13,15H2,(H,23,26). The van der Waals surface area contributed by atoms with Gasteiger partial charge in [0.15, 0.2) is 0 Å². The number of carbonyl (C=O) groups excluding carboxylic acids is 1. The average molecular weight is 413 g/mol. The number of benzene rings is 2. The highest BCUT2D eigenvalue weighted by atomic mass is 79.9. The first-order valence-corrected chi connectivity index (χ1v) is 9.47. The van der Waals surface area contributed by atoms with E-state index in [0.29, 0.717) is 12.1 Å². The number of amides is 1. The highest BCUT2D eigenvalue weighted by molar-refractivity contribution is 9.10. The minimum Gasteiger partial charge on any atom is -0.369 e. The molecule has 0 aliphatic carbocycles. The molecule has 0 atom stereocenters. The van der Waals surface area contributed by atoms with E-state index < -0.39 is 0 Å². The van der Waals surface area contributed by atoms with E-state index in [2.05, 4.69) is 37.1 Å². The van der Waals surface area contributed by atoms with Gasteiger partial charge in [0.25, 0.3) is 0 Å². The molecule has 2 aromatic rings. The molecule has 26 heavy (non-hydrogen) atoms. The third-order valence-electron chi connectivity index (χ3n) is 4.47. The number of nitriles is 1. The molecular weight excluding hydrogens is 392 g/mol. The first-order chi connectivity index (χ1) is 12.7. The molecule has 0 radical (unpaired) electrons. The molecule has 0 aromatic heterocycles. The quantitative estimate of drug-likeness (QED) is 0.834. The van der Waals surface area contributed by atoms with Gasteiger partial charge in [0.05, 0.1) is 23.5 Å². The van der Waals surface area contributed by atoms with E-state index in [0.717, 1.165) is 48.4 Å². The fraction of sp³-hybridized carbons (Fsp3) is 0.300. The lowest BCUT2D eigenvalue weighted by Crippen LogP contribution is -2.36. The van der Waals surface area contributed by atoms with E-state index in [9.17, 15) is 10.1 Å². The van der Waals surface area contributed by atoms with Gasteiger partial charge >= 0.3 is 0 Å². The van der Waals surface area contributed by atoms with Crippen LogP contribution in [0.15, 0.2) is 53.0 Å². The maximum Gasteiger partial charge on any atom is 0.238 e. The fourth-order valence-corrected chi connectivity index (χ4v) is 3.55. The predicted molar refractivity (Wildman–Crippen MR) is 107 cm³/mol. The second kappa shape index (κ2) is 8.84. The van der Waals surface area contributed by atoms with Crippen molar-refractivity contribution in [2.45, 2.75) is 6.42 Å². The Balaban J connectivity index is 1.58. The van der Waals surface area contributed by atoms with Crippen LogP contribution in [0.2, 0.25) is 0 Å². The highest BCUT2D eigenvalue weighted by Gasteiger charge is 2.19. The number of hydrogen-bond acceptors (Lipinski definition) is 4. The zero-order valence-electron chi connectivity index (χ0n) is 14.5. The van der Waals surface area contributed by atoms with E-state index >= 15 is 0 Å². The van der Waals surface area contributed by atoms with Crippen LogP contribution in [-0.2, 0) is 4.79 Å². The lowest BCUT2D eigenvalue weighted by molar-refractivity contribution is -0.117. The van der Waals surface area contributed by atoms with Crippen molar-refractivity contribution in [2.75, 3.05) is 42.9 Å². The summed E-state index contributed by atoms with van der Waals surface area (Å²) in [4.78, 5) is 16.8. The van der Waals surface area contributed by atoms with Crippen molar-refractivity contribution >= 4 is 33.2 Å². The zero-order chi connectivity index (χ0) is 18.4. The summed E-state index contributed by atoms with van der Waals surface area (Å²) >= 11 is 3.45. The number of nitrogens with zero attached hydrogens (tertiary/aromatic N) is 3. The normalized spacial score (nSPS) is 15.2. The van der Waals surface area contributed by atoms with E-state index in [4.69, 9.17) is 0 Å². The van der Waals surface area contributed by atoms with Crippen LogP contribution in [0.3, 0.4) is 0 Å². The fourth-order valence-electron chi connectivity index (χ4n) is 3.17. The number of nitrogens with one attached hydrogen (secondary N) is 1. The maximum atomic E-state index is 12.4. The molecule has 1 saturated heterocycles. The van der Waals surface area contributed by atoms with Crippen LogP contribution in [0.25, 0.3) is 0 Å². The molecular formula is C20H21BrN4O. The molecule has 1 aliphatic heterocycles. The predicted octanol–water partition coefficient (Wildman–Crippen LogP) is 3.47. The molecule has 3 rings (SSSR count). The lowest BCUT2D eigenvalue weighted by atomic mass is 10.1. The Bertz CT molecular complexity index is 817. The Kier molecular flexibility index (Phi) is 6.26. The third kappa shape index (κ3) is 4.63. The summed E-state index contributed by atoms with van der Waals surface area (Å²) in [5, 5.41) is 12.3. The monoisotopic (exact) mass is 412 g/mol. The topological polar surface area (TPSA) is 59.4 Å². The molecule has 1 amide bonds. The summed E-state index contributed by atoms with van der Waals surface area (Å²) in [5.74, 6) is -0.0113. The molecule has 1 aliphatic rings. The average Bonchev–Trinajstić information content (AvgIpc) is 2.89. The molecule has 0 bridgehead atoms.